The molecule has 1 N–H and O–H groups in total. The lowest BCUT2D eigenvalue weighted by Crippen LogP contribution is -2.59. The molecule has 2 aliphatic heterocycles. The summed E-state index contributed by atoms with van der Waals surface area (Å²) in [5, 5.41) is 9.87. The third-order valence-electron chi connectivity index (χ3n) is 10.5. The molecule has 0 amide bonds. The number of rotatable bonds is 1. The van der Waals surface area contributed by atoms with Crippen molar-refractivity contribution in [3.8, 4) is 0 Å². The van der Waals surface area contributed by atoms with Crippen LogP contribution in [0.5, 0.6) is 0 Å². The molecule has 1 unspecified atom stereocenters. The zero-order chi connectivity index (χ0) is 20.6. The fraction of sp³-hybridized carbons (Fsp3) is 0.920. The van der Waals surface area contributed by atoms with Gasteiger partial charge in [0.2, 0.25) is 0 Å². The molecule has 6 rings (SSSR count). The number of hydrogen-bond donors (Lipinski definition) is 1. The van der Waals surface area contributed by atoms with Crippen LogP contribution in [0, 0.1) is 34.5 Å². The Balaban J connectivity index is 1.35. The zero-order valence-corrected chi connectivity index (χ0v) is 18.7. The first-order chi connectivity index (χ1) is 14.5. The average Bonchev–Trinajstić information content (AvgIpc) is 3.45. The van der Waals surface area contributed by atoms with E-state index < -0.39 is 0 Å². The molecule has 5 nitrogen and oxygen atoms in total. The summed E-state index contributed by atoms with van der Waals surface area (Å²) in [5.41, 5.74) is 1.84. The molecule has 0 radical (unpaired) electrons. The van der Waals surface area contributed by atoms with Crippen molar-refractivity contribution in [1.82, 2.24) is 0 Å². The summed E-state index contributed by atoms with van der Waals surface area (Å²) >= 11 is 0. The maximum atomic E-state index is 9.87. The van der Waals surface area contributed by atoms with Crippen LogP contribution in [0.4, 0.5) is 0 Å². The van der Waals surface area contributed by atoms with Crippen molar-refractivity contribution >= 4 is 0 Å². The van der Waals surface area contributed by atoms with Crippen LogP contribution >= 0.6 is 0 Å². The quantitative estimate of drug-likeness (QED) is 0.651. The Morgan fingerprint density at radius 3 is 2.33 bits per heavy atom. The Morgan fingerprint density at radius 1 is 0.900 bits per heavy atom. The predicted octanol–water partition coefficient (Wildman–Crippen LogP) is 4.04. The van der Waals surface area contributed by atoms with Crippen LogP contribution in [0.3, 0.4) is 0 Å². The molecule has 6 fully saturated rings. The molecule has 4 saturated carbocycles. The van der Waals surface area contributed by atoms with Gasteiger partial charge in [-0.05, 0) is 61.2 Å². The Labute approximate surface area is 180 Å². The summed E-state index contributed by atoms with van der Waals surface area (Å²) in [4.78, 5) is 0. The van der Waals surface area contributed by atoms with E-state index >= 15 is 0 Å². The maximum absolute atomic E-state index is 9.87. The smallest absolute Gasteiger partial charge is 0.174 e. The fourth-order valence-electron chi connectivity index (χ4n) is 9.07. The second kappa shape index (κ2) is 6.77. The molecule has 2 heterocycles. The van der Waals surface area contributed by atoms with Crippen LogP contribution in [0.2, 0.25) is 0 Å². The van der Waals surface area contributed by atoms with E-state index in [0.717, 1.165) is 64.4 Å². The third kappa shape index (κ3) is 2.53. The number of aliphatic hydroxyl groups excluding tert-OH is 1. The van der Waals surface area contributed by atoms with E-state index in [-0.39, 0.29) is 29.0 Å². The summed E-state index contributed by atoms with van der Waals surface area (Å²) < 4.78 is 24.9. The molecule has 0 aromatic carbocycles. The largest absolute Gasteiger partial charge is 0.392 e. The van der Waals surface area contributed by atoms with E-state index in [4.69, 9.17) is 18.9 Å². The average molecular weight is 419 g/mol. The highest BCUT2D eigenvalue weighted by Gasteiger charge is 2.68. The molecule has 5 heteroatoms. The van der Waals surface area contributed by atoms with E-state index in [1.165, 1.54) is 24.8 Å². The highest BCUT2D eigenvalue weighted by atomic mass is 16.7. The highest BCUT2D eigenvalue weighted by Crippen LogP contribution is 2.71. The molecule has 6 aliphatic rings. The lowest BCUT2D eigenvalue weighted by atomic mass is 9.43. The van der Waals surface area contributed by atoms with Crippen molar-refractivity contribution in [1.29, 1.82) is 0 Å². The summed E-state index contributed by atoms with van der Waals surface area (Å²) in [6, 6.07) is 0. The van der Waals surface area contributed by atoms with Gasteiger partial charge in [0.05, 0.1) is 33.0 Å². The minimum Gasteiger partial charge on any atom is -0.392 e. The van der Waals surface area contributed by atoms with Crippen molar-refractivity contribution in [3.05, 3.63) is 11.6 Å². The first-order valence-electron chi connectivity index (χ1n) is 12.3. The van der Waals surface area contributed by atoms with Gasteiger partial charge in [-0.2, -0.15) is 0 Å². The van der Waals surface area contributed by atoms with Gasteiger partial charge in [0.15, 0.2) is 11.6 Å². The summed E-state index contributed by atoms with van der Waals surface area (Å²) in [6.45, 7) is 8.05. The molecule has 30 heavy (non-hydrogen) atoms. The second-order valence-electron chi connectivity index (χ2n) is 11.4. The maximum Gasteiger partial charge on any atom is 0.174 e. The van der Waals surface area contributed by atoms with Crippen LogP contribution in [-0.4, -0.2) is 49.7 Å². The predicted molar refractivity (Wildman–Crippen MR) is 112 cm³/mol. The van der Waals surface area contributed by atoms with Gasteiger partial charge in [-0.15, -0.1) is 0 Å². The van der Waals surface area contributed by atoms with Crippen molar-refractivity contribution in [3.63, 3.8) is 0 Å². The summed E-state index contributed by atoms with van der Waals surface area (Å²) in [7, 11) is 0. The van der Waals surface area contributed by atoms with Gasteiger partial charge >= 0.3 is 0 Å². The summed E-state index contributed by atoms with van der Waals surface area (Å²) in [5.74, 6) is 1.77. The molecule has 0 bridgehead atoms. The van der Waals surface area contributed by atoms with E-state index in [9.17, 15) is 5.11 Å². The molecule has 2 spiro atoms. The minimum atomic E-state index is -0.377. The van der Waals surface area contributed by atoms with Gasteiger partial charge in [0.1, 0.15) is 0 Å². The number of hydrogen-bond acceptors (Lipinski definition) is 5. The van der Waals surface area contributed by atoms with Crippen LogP contribution in [0.15, 0.2) is 11.6 Å². The second-order valence-corrected chi connectivity index (χ2v) is 11.4. The topological polar surface area (TPSA) is 57.2 Å². The normalized spacial score (nSPS) is 50.0. The Morgan fingerprint density at radius 2 is 1.60 bits per heavy atom. The van der Waals surface area contributed by atoms with E-state index in [0.29, 0.717) is 17.8 Å². The standard InChI is InChI=1S/C25H38O5/c1-22-8-9-24(27-11-12-28-24)16-21(22)17(5-10-26)15-18-19(22)3-6-23(2)20(18)4-7-25(23)29-13-14-30-25/h5,18-21,26H,3-4,6-16H2,1-2H3/t18-,19+,20+,21?,22-,23+/m1/s1. The van der Waals surface area contributed by atoms with Gasteiger partial charge < -0.3 is 24.1 Å². The van der Waals surface area contributed by atoms with Crippen LogP contribution in [-0.2, 0) is 18.9 Å². The molecule has 2 saturated heterocycles. The third-order valence-corrected chi connectivity index (χ3v) is 10.5. The summed E-state index contributed by atoms with van der Waals surface area (Å²) in [6.07, 6.45) is 11.1. The SMILES string of the molecule is C[C@]12CCC3(CC1C(=CCO)C[C@@H]1[C@@H]2CC[C@@]2(C)[C@H]1CCC21OCCO1)OCCO3. The van der Waals surface area contributed by atoms with Crippen LogP contribution in [0.1, 0.15) is 65.2 Å². The Bertz CT molecular complexity index is 721. The van der Waals surface area contributed by atoms with Crippen LogP contribution in [0.25, 0.3) is 0 Å². The molecular weight excluding hydrogens is 380 g/mol. The lowest BCUT2D eigenvalue weighted by Gasteiger charge is -2.63. The van der Waals surface area contributed by atoms with Gasteiger partial charge in [-0.3, -0.25) is 0 Å². The number of allylic oxidation sites excluding steroid dienone is 1. The van der Waals surface area contributed by atoms with Gasteiger partial charge in [-0.1, -0.05) is 25.5 Å². The van der Waals surface area contributed by atoms with E-state index in [1.54, 1.807) is 0 Å². The van der Waals surface area contributed by atoms with Crippen molar-refractivity contribution < 1.29 is 24.1 Å². The van der Waals surface area contributed by atoms with Gasteiger partial charge in [0.25, 0.3) is 0 Å². The first-order valence-corrected chi connectivity index (χ1v) is 12.3. The Hall–Kier alpha value is -0.460. The lowest BCUT2D eigenvalue weighted by molar-refractivity contribution is -0.252. The molecule has 0 aromatic rings. The fourth-order valence-corrected chi connectivity index (χ4v) is 9.07. The highest BCUT2D eigenvalue weighted by molar-refractivity contribution is 5.24. The number of fused-ring (bicyclic) bond motifs is 6. The number of aliphatic hydroxyl groups is 1. The first kappa shape index (κ1) is 20.2. The van der Waals surface area contributed by atoms with Crippen molar-refractivity contribution in [2.45, 2.75) is 76.8 Å². The monoisotopic (exact) mass is 418 g/mol. The van der Waals surface area contributed by atoms with Gasteiger partial charge in [0, 0.05) is 24.7 Å². The molecule has 4 aliphatic carbocycles. The van der Waals surface area contributed by atoms with Crippen molar-refractivity contribution in [2.24, 2.45) is 34.5 Å². The molecular formula is C25H38O5. The molecule has 168 valence electrons. The Kier molecular flexibility index (Phi) is 4.55. The zero-order valence-electron chi connectivity index (χ0n) is 18.7. The molecule has 6 atom stereocenters. The van der Waals surface area contributed by atoms with Crippen molar-refractivity contribution in [2.75, 3.05) is 33.0 Å². The van der Waals surface area contributed by atoms with E-state index in [2.05, 4.69) is 19.9 Å². The minimum absolute atomic E-state index is 0.117. The van der Waals surface area contributed by atoms with Crippen LogP contribution < -0.4 is 0 Å². The van der Waals surface area contributed by atoms with E-state index in [1.807, 2.05) is 0 Å². The molecule has 0 aromatic heterocycles. The van der Waals surface area contributed by atoms with Gasteiger partial charge in [-0.25, -0.2) is 0 Å². The number of ether oxygens (including phenoxy) is 4.